The van der Waals surface area contributed by atoms with E-state index in [0.29, 0.717) is 0 Å². The molecule has 152 valence electrons. The van der Waals surface area contributed by atoms with Crippen molar-refractivity contribution in [2.75, 3.05) is 6.26 Å². The van der Waals surface area contributed by atoms with E-state index >= 15 is 0 Å². The number of carbonyl (C=O) groups is 1. The van der Waals surface area contributed by atoms with Crippen LogP contribution in [0.15, 0.2) is 35.2 Å². The van der Waals surface area contributed by atoms with Crippen LogP contribution in [0.3, 0.4) is 0 Å². The van der Waals surface area contributed by atoms with Crippen molar-refractivity contribution in [3.05, 3.63) is 64.0 Å². The summed E-state index contributed by atoms with van der Waals surface area (Å²) in [6.45, 7) is 1.08. The Balaban J connectivity index is 2.21. The summed E-state index contributed by atoms with van der Waals surface area (Å²) in [6.07, 6.45) is -3.92. The lowest BCUT2D eigenvalue weighted by Gasteiger charge is -2.20. The highest BCUT2D eigenvalue weighted by atomic mass is 32.2. The third-order valence-electron chi connectivity index (χ3n) is 4.72. The zero-order valence-corrected chi connectivity index (χ0v) is 16.3. The number of benzene rings is 2. The number of ether oxygens (including phenoxy) is 1. The monoisotopic (exact) mass is 421 g/mol. The van der Waals surface area contributed by atoms with Crippen molar-refractivity contribution in [3.8, 4) is 6.07 Å². The van der Waals surface area contributed by atoms with Crippen LogP contribution in [0, 0.1) is 17.1 Å². The van der Waals surface area contributed by atoms with Gasteiger partial charge in [-0.1, -0.05) is 6.07 Å². The first-order valence-corrected chi connectivity index (χ1v) is 10.5. The average Bonchev–Trinajstić information content (AvgIpc) is 2.94. The number of aliphatic hydroxyl groups excluding tert-OH is 1. The predicted molar refractivity (Wildman–Crippen MR) is 97.8 cm³/mol. The van der Waals surface area contributed by atoms with Crippen molar-refractivity contribution in [2.45, 2.75) is 36.6 Å². The van der Waals surface area contributed by atoms with Gasteiger partial charge in [0.1, 0.15) is 18.1 Å². The molecule has 3 rings (SSSR count). The van der Waals surface area contributed by atoms with Crippen molar-refractivity contribution >= 4 is 15.8 Å². The Morgan fingerprint density at radius 2 is 2.03 bits per heavy atom. The number of rotatable bonds is 4. The van der Waals surface area contributed by atoms with Crippen LogP contribution >= 0.6 is 0 Å². The minimum Gasteiger partial charge on any atom is -0.454 e. The molecule has 2 aromatic rings. The smallest absolute Gasteiger partial charge is 0.303 e. The fourth-order valence-electron chi connectivity index (χ4n) is 3.59. The molecule has 1 aliphatic rings. The van der Waals surface area contributed by atoms with Gasteiger partial charge in [0.2, 0.25) is 0 Å². The van der Waals surface area contributed by atoms with Crippen LogP contribution in [0.1, 0.15) is 46.9 Å². The quantitative estimate of drug-likeness (QED) is 0.761. The Morgan fingerprint density at radius 1 is 1.34 bits per heavy atom. The summed E-state index contributed by atoms with van der Waals surface area (Å²) >= 11 is 0. The van der Waals surface area contributed by atoms with Crippen LogP contribution in [0.4, 0.5) is 8.78 Å². The summed E-state index contributed by atoms with van der Waals surface area (Å²) < 4.78 is 57.9. The molecule has 0 aliphatic heterocycles. The number of nitriles is 1. The number of carbonyl (C=O) groups excluding carboxylic acids is 1. The molecule has 0 saturated heterocycles. The van der Waals surface area contributed by atoms with Crippen molar-refractivity contribution in [1.82, 2.24) is 0 Å². The lowest BCUT2D eigenvalue weighted by atomic mass is 9.93. The van der Waals surface area contributed by atoms with Crippen LogP contribution in [-0.2, 0) is 25.8 Å². The maximum absolute atomic E-state index is 14.7. The zero-order valence-electron chi connectivity index (χ0n) is 15.5. The number of alkyl halides is 1. The molecule has 29 heavy (non-hydrogen) atoms. The number of aliphatic hydroxyl groups is 1. The van der Waals surface area contributed by atoms with E-state index in [1.165, 1.54) is 18.2 Å². The van der Waals surface area contributed by atoms with Crippen molar-refractivity contribution in [3.63, 3.8) is 0 Å². The Morgan fingerprint density at radius 3 is 2.62 bits per heavy atom. The van der Waals surface area contributed by atoms with Crippen molar-refractivity contribution in [2.24, 2.45) is 0 Å². The first kappa shape index (κ1) is 20.9. The lowest BCUT2D eigenvalue weighted by molar-refractivity contribution is -0.149. The molecule has 0 saturated carbocycles. The molecule has 0 bridgehead atoms. The first-order chi connectivity index (χ1) is 13.5. The van der Waals surface area contributed by atoms with E-state index in [1.54, 1.807) is 6.07 Å². The standard InChI is InChI=1S/C20H17F2NO5S/c1-10(24)28-20-16(22)8-15-14(3-4-17(18(15)20)29(2,26)27)19(25)12-5-11(9-23)6-13(21)7-12/h3-7,16,19-20,25H,8H2,1-2H3/t16-,19+,20+/m0/s1. The third kappa shape index (κ3) is 3.99. The second-order valence-corrected chi connectivity index (χ2v) is 8.84. The van der Waals surface area contributed by atoms with Crippen molar-refractivity contribution < 1.29 is 31.8 Å². The van der Waals surface area contributed by atoms with Gasteiger partial charge < -0.3 is 9.84 Å². The number of hydrogen-bond donors (Lipinski definition) is 1. The topological polar surface area (TPSA) is 104 Å². The van der Waals surface area contributed by atoms with Crippen molar-refractivity contribution in [1.29, 1.82) is 5.26 Å². The number of fused-ring (bicyclic) bond motifs is 1. The van der Waals surface area contributed by atoms with E-state index in [9.17, 15) is 27.1 Å². The number of esters is 1. The summed E-state index contributed by atoms with van der Waals surface area (Å²) in [4.78, 5) is 11.2. The largest absolute Gasteiger partial charge is 0.454 e. The molecular formula is C20H17F2NO5S. The maximum atomic E-state index is 14.7. The lowest BCUT2D eigenvalue weighted by Crippen LogP contribution is -2.17. The molecule has 1 aliphatic carbocycles. The zero-order chi connectivity index (χ0) is 21.5. The number of nitrogens with zero attached hydrogens (tertiary/aromatic N) is 1. The van der Waals surface area contributed by atoms with Gasteiger partial charge in [0, 0.05) is 25.2 Å². The highest BCUT2D eigenvalue weighted by Crippen LogP contribution is 2.44. The summed E-state index contributed by atoms with van der Waals surface area (Å²) in [7, 11) is -3.79. The van der Waals surface area contributed by atoms with Gasteiger partial charge >= 0.3 is 5.97 Å². The Bertz CT molecular complexity index is 1140. The predicted octanol–water partition coefficient (Wildman–Crippen LogP) is 2.68. The van der Waals surface area contributed by atoms with Gasteiger partial charge in [0.15, 0.2) is 15.9 Å². The first-order valence-electron chi connectivity index (χ1n) is 8.58. The van der Waals surface area contributed by atoms with E-state index in [0.717, 1.165) is 25.3 Å². The molecule has 6 nitrogen and oxygen atoms in total. The number of halogens is 2. The van der Waals surface area contributed by atoms with E-state index in [4.69, 9.17) is 10.00 Å². The van der Waals surface area contributed by atoms with Crippen LogP contribution in [0.5, 0.6) is 0 Å². The Hall–Kier alpha value is -2.83. The number of hydrogen-bond acceptors (Lipinski definition) is 6. The van der Waals surface area contributed by atoms with Crippen LogP contribution in [0.25, 0.3) is 0 Å². The molecular weight excluding hydrogens is 404 g/mol. The third-order valence-corrected chi connectivity index (χ3v) is 5.87. The van der Waals surface area contributed by atoms with E-state index in [-0.39, 0.29) is 39.1 Å². The summed E-state index contributed by atoms with van der Waals surface area (Å²) in [6, 6.07) is 7.63. The van der Waals surface area contributed by atoms with Gasteiger partial charge in [0.05, 0.1) is 16.5 Å². The Labute approximate surface area is 166 Å². The van der Waals surface area contributed by atoms with Crippen LogP contribution < -0.4 is 0 Å². The minimum atomic E-state index is -3.79. The summed E-state index contributed by atoms with van der Waals surface area (Å²) in [5.41, 5.74) is 0.358. The summed E-state index contributed by atoms with van der Waals surface area (Å²) in [5, 5.41) is 19.8. The maximum Gasteiger partial charge on any atom is 0.303 e. The van der Waals surface area contributed by atoms with Gasteiger partial charge in [-0.3, -0.25) is 4.79 Å². The normalized spacial score (nSPS) is 19.3. The van der Waals surface area contributed by atoms with E-state index < -0.39 is 40.0 Å². The molecule has 0 amide bonds. The van der Waals surface area contributed by atoms with Crippen LogP contribution in [-0.4, -0.2) is 31.9 Å². The Kier molecular flexibility index (Phi) is 5.43. The second kappa shape index (κ2) is 7.54. The molecule has 0 spiro atoms. The van der Waals surface area contributed by atoms with Gasteiger partial charge in [0.25, 0.3) is 0 Å². The molecule has 0 unspecified atom stereocenters. The average molecular weight is 421 g/mol. The highest BCUT2D eigenvalue weighted by Gasteiger charge is 2.41. The van der Waals surface area contributed by atoms with Gasteiger partial charge in [-0.25, -0.2) is 17.2 Å². The fraction of sp³-hybridized carbons (Fsp3) is 0.300. The number of sulfone groups is 1. The molecule has 9 heteroatoms. The molecule has 2 aromatic carbocycles. The van der Waals surface area contributed by atoms with E-state index in [2.05, 4.69) is 0 Å². The highest BCUT2D eigenvalue weighted by molar-refractivity contribution is 7.90. The molecule has 0 aromatic heterocycles. The SMILES string of the molecule is CC(=O)O[C@H]1c2c(S(C)(=O)=O)ccc([C@H](O)c3cc(F)cc(C#N)c3)c2C[C@@H]1F. The van der Waals surface area contributed by atoms with Crippen LogP contribution in [0.2, 0.25) is 0 Å². The van der Waals surface area contributed by atoms with E-state index in [1.807, 2.05) is 0 Å². The van der Waals surface area contributed by atoms with Gasteiger partial charge in [-0.2, -0.15) is 5.26 Å². The molecule has 1 N–H and O–H groups in total. The molecule has 0 radical (unpaired) electrons. The molecule has 0 fully saturated rings. The second-order valence-electron chi connectivity index (χ2n) is 6.86. The fourth-order valence-corrected chi connectivity index (χ4v) is 4.54. The minimum absolute atomic E-state index is 0.00962. The van der Waals surface area contributed by atoms with Gasteiger partial charge in [-0.05, 0) is 41.0 Å². The summed E-state index contributed by atoms with van der Waals surface area (Å²) in [5.74, 6) is -1.51. The molecule has 0 heterocycles. The molecule has 3 atom stereocenters. The van der Waals surface area contributed by atoms with Gasteiger partial charge in [-0.15, -0.1) is 0 Å².